The largest absolute Gasteiger partial charge is 0.325 e. The van der Waals surface area contributed by atoms with Crippen molar-refractivity contribution < 1.29 is 14.4 Å². The molecule has 1 saturated carbocycles. The van der Waals surface area contributed by atoms with E-state index in [0.717, 1.165) is 19.4 Å². The predicted octanol–water partition coefficient (Wildman–Crippen LogP) is 0.942. The quantitative estimate of drug-likeness (QED) is 0.604. The van der Waals surface area contributed by atoms with Gasteiger partial charge in [0, 0.05) is 6.04 Å². The van der Waals surface area contributed by atoms with E-state index in [1.807, 2.05) is 0 Å². The van der Waals surface area contributed by atoms with Crippen LogP contribution in [-0.2, 0) is 4.57 Å². The van der Waals surface area contributed by atoms with Crippen LogP contribution in [0.4, 0.5) is 0 Å². The minimum absolute atomic E-state index is 0.0850. The van der Waals surface area contributed by atoms with E-state index in [2.05, 4.69) is 5.32 Å². The maximum absolute atomic E-state index is 10.9. The van der Waals surface area contributed by atoms with Gasteiger partial charge in [0.15, 0.2) is 0 Å². The minimum Gasteiger partial charge on any atom is -0.324 e. The molecule has 14 heavy (non-hydrogen) atoms. The van der Waals surface area contributed by atoms with Gasteiger partial charge in [0.05, 0.1) is 6.16 Å². The molecule has 5 heteroatoms. The highest BCUT2D eigenvalue weighted by molar-refractivity contribution is 7.51. The smallest absolute Gasteiger partial charge is 0.324 e. The van der Waals surface area contributed by atoms with Crippen LogP contribution >= 0.6 is 7.60 Å². The van der Waals surface area contributed by atoms with Gasteiger partial charge in [-0.15, -0.1) is 0 Å². The van der Waals surface area contributed by atoms with Gasteiger partial charge in [-0.3, -0.25) is 4.57 Å². The minimum atomic E-state index is -3.80. The third-order valence-corrected chi connectivity index (χ3v) is 4.44. The van der Waals surface area contributed by atoms with Crippen molar-refractivity contribution in [3.05, 3.63) is 0 Å². The third-order valence-electron chi connectivity index (χ3n) is 3.45. The standard InChI is InChI=1S/C9H18NO3P/c11-14(12,13)6-7-4-8-2-1-3-10-9(8)5-7/h7-10H,1-6H2,(H2,11,12,13). The first-order valence-electron chi connectivity index (χ1n) is 5.32. The average Bonchev–Trinajstić information content (AvgIpc) is 2.42. The number of piperidine rings is 1. The molecule has 1 saturated heterocycles. The molecule has 0 spiro atoms. The van der Waals surface area contributed by atoms with Crippen molar-refractivity contribution in [2.75, 3.05) is 12.7 Å². The molecule has 4 nitrogen and oxygen atoms in total. The van der Waals surface area contributed by atoms with E-state index in [4.69, 9.17) is 9.79 Å². The first kappa shape index (κ1) is 10.6. The van der Waals surface area contributed by atoms with Gasteiger partial charge in [0.25, 0.3) is 0 Å². The summed E-state index contributed by atoms with van der Waals surface area (Å²) in [7, 11) is -3.80. The van der Waals surface area contributed by atoms with Crippen LogP contribution in [0, 0.1) is 11.8 Å². The van der Waals surface area contributed by atoms with Crippen molar-refractivity contribution in [3.63, 3.8) is 0 Å². The van der Waals surface area contributed by atoms with Crippen molar-refractivity contribution in [2.24, 2.45) is 11.8 Å². The van der Waals surface area contributed by atoms with Gasteiger partial charge in [-0.2, -0.15) is 0 Å². The van der Waals surface area contributed by atoms with E-state index in [0.29, 0.717) is 12.0 Å². The van der Waals surface area contributed by atoms with Crippen molar-refractivity contribution in [3.8, 4) is 0 Å². The molecule has 3 unspecified atom stereocenters. The lowest BCUT2D eigenvalue weighted by Gasteiger charge is -2.26. The molecule has 0 aromatic heterocycles. The number of rotatable bonds is 2. The predicted molar refractivity (Wildman–Crippen MR) is 54.1 cm³/mol. The lowest BCUT2D eigenvalue weighted by Crippen LogP contribution is -2.37. The lowest BCUT2D eigenvalue weighted by atomic mass is 9.94. The van der Waals surface area contributed by atoms with Gasteiger partial charge < -0.3 is 15.1 Å². The normalized spacial score (nSPS) is 38.3. The molecule has 2 aliphatic rings. The Morgan fingerprint density at radius 2 is 2.14 bits per heavy atom. The van der Waals surface area contributed by atoms with E-state index in [9.17, 15) is 4.57 Å². The topological polar surface area (TPSA) is 69.6 Å². The maximum atomic E-state index is 10.9. The molecule has 1 heterocycles. The van der Waals surface area contributed by atoms with Crippen LogP contribution < -0.4 is 5.32 Å². The summed E-state index contributed by atoms with van der Waals surface area (Å²) in [5, 5.41) is 3.44. The van der Waals surface area contributed by atoms with Crippen LogP contribution in [0.25, 0.3) is 0 Å². The first-order chi connectivity index (χ1) is 6.54. The Morgan fingerprint density at radius 1 is 1.36 bits per heavy atom. The molecule has 0 amide bonds. The summed E-state index contributed by atoms with van der Waals surface area (Å²) >= 11 is 0. The zero-order chi connectivity index (χ0) is 10.2. The second-order valence-corrected chi connectivity index (χ2v) is 6.34. The number of fused-ring (bicyclic) bond motifs is 1. The fourth-order valence-corrected chi connectivity index (χ4v) is 3.92. The summed E-state index contributed by atoms with van der Waals surface area (Å²) < 4.78 is 10.9. The molecular formula is C9H18NO3P. The Kier molecular flexibility index (Phi) is 2.98. The highest BCUT2D eigenvalue weighted by Gasteiger charge is 2.37. The SMILES string of the molecule is O=P(O)(O)CC1CC2CCCNC2C1. The van der Waals surface area contributed by atoms with Crippen molar-refractivity contribution in [2.45, 2.75) is 31.7 Å². The molecule has 0 bridgehead atoms. The highest BCUT2D eigenvalue weighted by atomic mass is 31.2. The highest BCUT2D eigenvalue weighted by Crippen LogP contribution is 2.45. The van der Waals surface area contributed by atoms with Gasteiger partial charge in [-0.05, 0) is 44.1 Å². The zero-order valence-corrected chi connectivity index (χ0v) is 9.12. The second kappa shape index (κ2) is 3.93. The van der Waals surface area contributed by atoms with Crippen LogP contribution in [0.5, 0.6) is 0 Å². The third kappa shape index (κ3) is 2.57. The number of hydrogen-bond donors (Lipinski definition) is 3. The molecule has 1 aliphatic heterocycles. The Hall–Kier alpha value is 0.110. The molecule has 0 aromatic carbocycles. The second-order valence-electron chi connectivity index (χ2n) is 4.65. The van der Waals surface area contributed by atoms with Crippen LogP contribution in [0.3, 0.4) is 0 Å². The molecule has 3 N–H and O–H groups in total. The monoisotopic (exact) mass is 219 g/mol. The van der Waals surface area contributed by atoms with Crippen LogP contribution in [0.1, 0.15) is 25.7 Å². The van der Waals surface area contributed by atoms with Gasteiger partial charge >= 0.3 is 7.60 Å². The van der Waals surface area contributed by atoms with E-state index in [-0.39, 0.29) is 12.1 Å². The number of hydrogen-bond acceptors (Lipinski definition) is 2. The van der Waals surface area contributed by atoms with Crippen molar-refractivity contribution in [1.82, 2.24) is 5.32 Å². The van der Waals surface area contributed by atoms with E-state index in [1.165, 1.54) is 12.8 Å². The maximum Gasteiger partial charge on any atom is 0.325 e. The Morgan fingerprint density at radius 3 is 2.79 bits per heavy atom. The van der Waals surface area contributed by atoms with Crippen LogP contribution in [0.2, 0.25) is 0 Å². The van der Waals surface area contributed by atoms with Crippen LogP contribution in [-0.4, -0.2) is 28.5 Å². The Bertz CT molecular complexity index is 238. The summed E-state index contributed by atoms with van der Waals surface area (Å²) in [5.74, 6) is 0.900. The van der Waals surface area contributed by atoms with E-state index >= 15 is 0 Å². The zero-order valence-electron chi connectivity index (χ0n) is 8.22. The van der Waals surface area contributed by atoms with E-state index < -0.39 is 7.60 Å². The summed E-state index contributed by atoms with van der Waals surface area (Å²) in [6, 6.07) is 0.528. The van der Waals surface area contributed by atoms with E-state index in [1.54, 1.807) is 0 Å². The Labute approximate surface area is 84.2 Å². The molecule has 2 fully saturated rings. The van der Waals surface area contributed by atoms with Crippen LogP contribution in [0.15, 0.2) is 0 Å². The fraction of sp³-hybridized carbons (Fsp3) is 1.00. The number of nitrogens with one attached hydrogen (secondary N) is 1. The van der Waals surface area contributed by atoms with Gasteiger partial charge in [-0.1, -0.05) is 0 Å². The molecule has 2 rings (SSSR count). The average molecular weight is 219 g/mol. The summed E-state index contributed by atoms with van der Waals surface area (Å²) in [4.78, 5) is 17.8. The summed E-state index contributed by atoms with van der Waals surface area (Å²) in [6.45, 7) is 1.07. The van der Waals surface area contributed by atoms with Crippen molar-refractivity contribution >= 4 is 7.60 Å². The summed E-state index contributed by atoms with van der Waals surface area (Å²) in [5.41, 5.74) is 0. The molecule has 1 aliphatic carbocycles. The van der Waals surface area contributed by atoms with Gasteiger partial charge in [0.1, 0.15) is 0 Å². The molecule has 82 valence electrons. The first-order valence-corrected chi connectivity index (χ1v) is 7.12. The van der Waals surface area contributed by atoms with Gasteiger partial charge in [-0.25, -0.2) is 0 Å². The van der Waals surface area contributed by atoms with Crippen molar-refractivity contribution in [1.29, 1.82) is 0 Å². The fourth-order valence-electron chi connectivity index (χ4n) is 2.95. The molecule has 0 radical (unpaired) electrons. The summed E-state index contributed by atoms with van der Waals surface area (Å²) in [6.07, 6.45) is 4.49. The Balaban J connectivity index is 1.90. The molecule has 0 aromatic rings. The molecular weight excluding hydrogens is 201 g/mol. The lowest BCUT2D eigenvalue weighted by molar-refractivity contribution is 0.318. The molecule has 3 atom stereocenters. The van der Waals surface area contributed by atoms with Gasteiger partial charge in [0.2, 0.25) is 0 Å².